The second-order valence-corrected chi connectivity index (χ2v) is 6.05. The van der Waals surface area contributed by atoms with E-state index >= 15 is 0 Å². The Morgan fingerprint density at radius 2 is 1.96 bits per heavy atom. The molecule has 0 spiro atoms. The van der Waals surface area contributed by atoms with Crippen molar-refractivity contribution in [3.05, 3.63) is 65.5 Å². The Bertz CT molecular complexity index is 874. The van der Waals surface area contributed by atoms with Crippen molar-refractivity contribution in [2.24, 2.45) is 0 Å². The predicted octanol–water partition coefficient (Wildman–Crippen LogP) is 3.99. The normalized spacial score (nSPS) is 12.3. The fourth-order valence-electron chi connectivity index (χ4n) is 2.74. The Kier molecular flexibility index (Phi) is 4.79. The van der Waals surface area contributed by atoms with Crippen LogP contribution in [0.25, 0.3) is 11.0 Å². The minimum atomic E-state index is -0.910. The Balaban J connectivity index is 1.64. The summed E-state index contributed by atoms with van der Waals surface area (Å²) in [5.74, 6) is -1.14. The number of fused-ring (bicyclic) bond motifs is 1. The summed E-state index contributed by atoms with van der Waals surface area (Å²) < 4.78 is 26.4. The number of H-pyrrole nitrogens is 1. The van der Waals surface area contributed by atoms with E-state index in [2.05, 4.69) is 9.97 Å². The molecule has 0 saturated heterocycles. The number of imidazole rings is 1. The Morgan fingerprint density at radius 1 is 1.20 bits per heavy atom. The fourth-order valence-corrected chi connectivity index (χ4v) is 2.74. The maximum atomic E-state index is 13.4. The van der Waals surface area contributed by atoms with E-state index in [0.29, 0.717) is 12.0 Å². The number of nitrogens with one attached hydrogen (secondary N) is 1. The lowest BCUT2D eigenvalue weighted by Crippen LogP contribution is -2.30. The molecular formula is C19H19F2N3O. The molecule has 6 heteroatoms. The van der Waals surface area contributed by atoms with Gasteiger partial charge in [0.25, 0.3) is 0 Å². The highest BCUT2D eigenvalue weighted by Crippen LogP contribution is 2.22. The largest absolute Gasteiger partial charge is 0.342 e. The van der Waals surface area contributed by atoms with Crippen molar-refractivity contribution >= 4 is 16.9 Å². The van der Waals surface area contributed by atoms with E-state index in [9.17, 15) is 13.6 Å². The number of halogens is 2. The highest BCUT2D eigenvalue weighted by atomic mass is 19.2. The summed E-state index contributed by atoms with van der Waals surface area (Å²) in [5, 5.41) is 0. The third-order valence-corrected chi connectivity index (χ3v) is 4.41. The molecule has 0 aliphatic heterocycles. The van der Waals surface area contributed by atoms with Gasteiger partial charge in [-0.1, -0.05) is 18.2 Å². The lowest BCUT2D eigenvalue weighted by atomic mass is 10.1. The van der Waals surface area contributed by atoms with Gasteiger partial charge in [-0.3, -0.25) is 4.79 Å². The number of hydrogen-bond donors (Lipinski definition) is 1. The third kappa shape index (κ3) is 3.68. The van der Waals surface area contributed by atoms with Crippen molar-refractivity contribution in [1.82, 2.24) is 14.9 Å². The first-order valence-corrected chi connectivity index (χ1v) is 8.10. The fraction of sp³-hybridized carbons (Fsp3) is 0.263. The molecule has 0 bridgehead atoms. The number of para-hydroxylation sites is 2. The summed E-state index contributed by atoms with van der Waals surface area (Å²) in [6, 6.07) is 11.0. The molecule has 0 fully saturated rings. The molecule has 25 heavy (non-hydrogen) atoms. The van der Waals surface area contributed by atoms with Gasteiger partial charge in [0, 0.05) is 19.9 Å². The van der Waals surface area contributed by atoms with Crippen LogP contribution in [0.2, 0.25) is 0 Å². The molecule has 1 aromatic heterocycles. The zero-order chi connectivity index (χ0) is 18.0. The highest BCUT2D eigenvalue weighted by Gasteiger charge is 2.19. The number of hydrogen-bond acceptors (Lipinski definition) is 2. The maximum Gasteiger partial charge on any atom is 0.223 e. The SMILES string of the molecule is CC(c1ccc(F)c(F)c1)N(C)C(=O)CCc1nc2ccccc2[nH]1. The van der Waals surface area contributed by atoms with Gasteiger partial charge in [0.05, 0.1) is 17.1 Å². The summed E-state index contributed by atoms with van der Waals surface area (Å²) in [6.45, 7) is 1.78. The molecule has 1 heterocycles. The topological polar surface area (TPSA) is 49.0 Å². The minimum Gasteiger partial charge on any atom is -0.342 e. The van der Waals surface area contributed by atoms with E-state index in [0.717, 1.165) is 29.0 Å². The number of benzene rings is 2. The number of aromatic amines is 1. The lowest BCUT2D eigenvalue weighted by molar-refractivity contribution is -0.131. The van der Waals surface area contributed by atoms with Gasteiger partial charge in [0.1, 0.15) is 5.82 Å². The zero-order valence-corrected chi connectivity index (χ0v) is 14.1. The van der Waals surface area contributed by atoms with Gasteiger partial charge < -0.3 is 9.88 Å². The van der Waals surface area contributed by atoms with E-state index in [1.54, 1.807) is 14.0 Å². The second kappa shape index (κ2) is 7.01. The monoisotopic (exact) mass is 343 g/mol. The molecule has 2 aromatic carbocycles. The molecule has 0 radical (unpaired) electrons. The smallest absolute Gasteiger partial charge is 0.223 e. The van der Waals surface area contributed by atoms with E-state index in [1.165, 1.54) is 11.0 Å². The minimum absolute atomic E-state index is 0.0855. The average molecular weight is 343 g/mol. The molecule has 1 amide bonds. The van der Waals surface area contributed by atoms with Crippen LogP contribution < -0.4 is 0 Å². The standard InChI is InChI=1S/C19H19F2N3O/c1-12(13-7-8-14(20)15(21)11-13)24(2)19(25)10-9-18-22-16-5-3-4-6-17(16)23-18/h3-8,11-12H,9-10H2,1-2H3,(H,22,23). The third-order valence-electron chi connectivity index (χ3n) is 4.41. The van der Waals surface area contributed by atoms with E-state index in [1.807, 2.05) is 24.3 Å². The Morgan fingerprint density at radius 3 is 2.68 bits per heavy atom. The molecule has 130 valence electrons. The first-order chi connectivity index (χ1) is 12.0. The van der Waals surface area contributed by atoms with Crippen LogP contribution in [-0.4, -0.2) is 27.8 Å². The van der Waals surface area contributed by atoms with Crippen LogP contribution in [0.3, 0.4) is 0 Å². The molecule has 0 saturated carbocycles. The van der Waals surface area contributed by atoms with Crippen LogP contribution in [0.1, 0.15) is 30.8 Å². The molecule has 0 aliphatic rings. The molecular weight excluding hydrogens is 324 g/mol. The number of amides is 1. The first kappa shape index (κ1) is 17.1. The quantitative estimate of drug-likeness (QED) is 0.761. The predicted molar refractivity (Wildman–Crippen MR) is 92.0 cm³/mol. The first-order valence-electron chi connectivity index (χ1n) is 8.10. The number of rotatable bonds is 5. The van der Waals surface area contributed by atoms with E-state index in [-0.39, 0.29) is 18.4 Å². The van der Waals surface area contributed by atoms with Gasteiger partial charge in [-0.2, -0.15) is 0 Å². The summed E-state index contributed by atoms with van der Waals surface area (Å²) in [4.78, 5) is 21.6. The zero-order valence-electron chi connectivity index (χ0n) is 14.1. The van der Waals surface area contributed by atoms with E-state index in [4.69, 9.17) is 0 Å². The van der Waals surface area contributed by atoms with Gasteiger partial charge in [0.15, 0.2) is 11.6 Å². The Hall–Kier alpha value is -2.76. The Labute approximate surface area is 144 Å². The molecule has 3 aromatic rings. The van der Waals surface area contributed by atoms with Crippen LogP contribution in [0.4, 0.5) is 8.78 Å². The van der Waals surface area contributed by atoms with Crippen LogP contribution in [-0.2, 0) is 11.2 Å². The van der Waals surface area contributed by atoms with Gasteiger partial charge in [0.2, 0.25) is 5.91 Å². The van der Waals surface area contributed by atoms with Crippen LogP contribution in [0.5, 0.6) is 0 Å². The summed E-state index contributed by atoms with van der Waals surface area (Å²) in [7, 11) is 1.66. The molecule has 1 unspecified atom stereocenters. The summed E-state index contributed by atoms with van der Waals surface area (Å²) in [5.41, 5.74) is 2.36. The average Bonchev–Trinajstić information content (AvgIpc) is 3.03. The number of carbonyl (C=O) groups excluding carboxylic acids is 1. The lowest BCUT2D eigenvalue weighted by Gasteiger charge is -2.25. The number of nitrogens with zero attached hydrogens (tertiary/aromatic N) is 2. The number of aryl methyl sites for hydroxylation is 1. The van der Waals surface area contributed by atoms with Crippen molar-refractivity contribution in [2.75, 3.05) is 7.05 Å². The summed E-state index contributed by atoms with van der Waals surface area (Å²) in [6.07, 6.45) is 0.771. The molecule has 1 N–H and O–H groups in total. The molecule has 0 aliphatic carbocycles. The van der Waals surface area contributed by atoms with Crippen molar-refractivity contribution in [1.29, 1.82) is 0 Å². The van der Waals surface area contributed by atoms with Crippen molar-refractivity contribution in [2.45, 2.75) is 25.8 Å². The summed E-state index contributed by atoms with van der Waals surface area (Å²) >= 11 is 0. The van der Waals surface area contributed by atoms with Crippen LogP contribution in [0, 0.1) is 11.6 Å². The number of carbonyl (C=O) groups is 1. The van der Waals surface area contributed by atoms with E-state index < -0.39 is 11.6 Å². The highest BCUT2D eigenvalue weighted by molar-refractivity contribution is 5.77. The second-order valence-electron chi connectivity index (χ2n) is 6.05. The molecule has 1 atom stereocenters. The molecule has 3 rings (SSSR count). The van der Waals surface area contributed by atoms with Gasteiger partial charge in [-0.15, -0.1) is 0 Å². The molecule has 4 nitrogen and oxygen atoms in total. The maximum absolute atomic E-state index is 13.4. The van der Waals surface area contributed by atoms with Crippen molar-refractivity contribution in [3.63, 3.8) is 0 Å². The van der Waals surface area contributed by atoms with Crippen molar-refractivity contribution in [3.8, 4) is 0 Å². The van der Waals surface area contributed by atoms with Crippen LogP contribution in [0.15, 0.2) is 42.5 Å². The van der Waals surface area contributed by atoms with Gasteiger partial charge in [-0.05, 0) is 36.8 Å². The number of aromatic nitrogens is 2. The van der Waals surface area contributed by atoms with Gasteiger partial charge in [-0.25, -0.2) is 13.8 Å². The van der Waals surface area contributed by atoms with Crippen molar-refractivity contribution < 1.29 is 13.6 Å². The van der Waals surface area contributed by atoms with Gasteiger partial charge >= 0.3 is 0 Å². The van der Waals surface area contributed by atoms with Crippen LogP contribution >= 0.6 is 0 Å².